The van der Waals surface area contributed by atoms with Gasteiger partial charge in [0.05, 0.1) is 24.5 Å². The minimum Gasteiger partial charge on any atom is -0.501 e. The molecule has 1 heterocycles. The van der Waals surface area contributed by atoms with Crippen LogP contribution in [0.1, 0.15) is 30.0 Å². The summed E-state index contributed by atoms with van der Waals surface area (Å²) in [7, 11) is 0. The predicted molar refractivity (Wildman–Crippen MR) is 61.6 cm³/mol. The minimum absolute atomic E-state index is 0.0988. The summed E-state index contributed by atoms with van der Waals surface area (Å²) in [6.45, 7) is 0.594. The van der Waals surface area contributed by atoms with E-state index in [-0.39, 0.29) is 5.56 Å². The molecule has 0 spiro atoms. The van der Waals surface area contributed by atoms with E-state index in [2.05, 4.69) is 0 Å². The molecular weight excluding hydrogens is 243 g/mol. The van der Waals surface area contributed by atoms with Crippen molar-refractivity contribution in [3.63, 3.8) is 0 Å². The summed E-state index contributed by atoms with van der Waals surface area (Å²) in [5.74, 6) is 0. The van der Waals surface area contributed by atoms with E-state index in [0.29, 0.717) is 18.6 Å². The van der Waals surface area contributed by atoms with E-state index >= 15 is 0 Å². The normalized spacial score (nSPS) is 17.9. The zero-order valence-electron chi connectivity index (χ0n) is 9.70. The predicted octanol–water partition coefficient (Wildman–Crippen LogP) is 3.40. The monoisotopic (exact) mass is 257 g/mol. The van der Waals surface area contributed by atoms with Crippen molar-refractivity contribution in [2.24, 2.45) is 5.73 Å². The first-order valence-corrected chi connectivity index (χ1v) is 5.72. The average molecular weight is 257 g/mol. The van der Waals surface area contributed by atoms with Crippen molar-refractivity contribution < 1.29 is 17.9 Å². The summed E-state index contributed by atoms with van der Waals surface area (Å²) < 4.78 is 43.7. The van der Waals surface area contributed by atoms with Gasteiger partial charge in [0, 0.05) is 0 Å². The van der Waals surface area contributed by atoms with Gasteiger partial charge in [0.2, 0.25) is 0 Å². The lowest BCUT2D eigenvalue weighted by molar-refractivity contribution is -0.138. The fraction of sp³-hybridized carbons (Fsp3) is 0.385. The van der Waals surface area contributed by atoms with Crippen molar-refractivity contribution >= 4 is 0 Å². The molecule has 1 aromatic rings. The fourth-order valence-corrected chi connectivity index (χ4v) is 2.04. The van der Waals surface area contributed by atoms with Gasteiger partial charge >= 0.3 is 6.18 Å². The van der Waals surface area contributed by atoms with Gasteiger partial charge < -0.3 is 10.5 Å². The Morgan fingerprint density at radius 3 is 2.56 bits per heavy atom. The topological polar surface area (TPSA) is 35.2 Å². The first kappa shape index (κ1) is 13.0. The first-order chi connectivity index (χ1) is 8.50. The molecule has 0 aliphatic carbocycles. The SMILES string of the molecule is NC(C1=COCCC1)c1ccccc1C(F)(F)F. The summed E-state index contributed by atoms with van der Waals surface area (Å²) in [5, 5.41) is 0. The maximum atomic E-state index is 12.9. The molecule has 1 atom stereocenters. The van der Waals surface area contributed by atoms with Crippen LogP contribution >= 0.6 is 0 Å². The van der Waals surface area contributed by atoms with Gasteiger partial charge in [-0.15, -0.1) is 0 Å². The van der Waals surface area contributed by atoms with E-state index in [1.807, 2.05) is 0 Å². The standard InChI is InChI=1S/C13H14F3NO/c14-13(15,16)11-6-2-1-5-10(11)12(17)9-4-3-7-18-8-9/h1-2,5-6,8,12H,3-4,7,17H2. The van der Waals surface area contributed by atoms with Crippen LogP contribution in [0, 0.1) is 0 Å². The van der Waals surface area contributed by atoms with Gasteiger partial charge in [-0.1, -0.05) is 18.2 Å². The molecule has 1 aliphatic rings. The summed E-state index contributed by atoms with van der Waals surface area (Å²) in [4.78, 5) is 0. The highest BCUT2D eigenvalue weighted by molar-refractivity contribution is 5.36. The molecule has 0 aromatic heterocycles. The highest BCUT2D eigenvalue weighted by atomic mass is 19.4. The lowest BCUT2D eigenvalue weighted by Gasteiger charge is -2.23. The molecule has 0 amide bonds. The van der Waals surface area contributed by atoms with Crippen LogP contribution in [0.15, 0.2) is 36.1 Å². The summed E-state index contributed by atoms with van der Waals surface area (Å²) in [6.07, 6.45) is -1.44. The van der Waals surface area contributed by atoms with Crippen molar-refractivity contribution in [3.05, 3.63) is 47.2 Å². The number of nitrogens with two attached hydrogens (primary N) is 1. The molecule has 0 saturated carbocycles. The molecule has 2 N–H and O–H groups in total. The van der Waals surface area contributed by atoms with Gasteiger partial charge in [-0.2, -0.15) is 13.2 Å². The second-order valence-electron chi connectivity index (χ2n) is 4.23. The van der Waals surface area contributed by atoms with Crippen molar-refractivity contribution in [1.29, 1.82) is 0 Å². The van der Waals surface area contributed by atoms with Gasteiger partial charge in [-0.25, -0.2) is 0 Å². The van der Waals surface area contributed by atoms with Crippen molar-refractivity contribution in [2.45, 2.75) is 25.1 Å². The van der Waals surface area contributed by atoms with E-state index in [1.54, 1.807) is 6.07 Å². The van der Waals surface area contributed by atoms with Crippen LogP contribution in [-0.4, -0.2) is 6.61 Å². The number of hydrogen-bond acceptors (Lipinski definition) is 2. The smallest absolute Gasteiger partial charge is 0.416 e. The van der Waals surface area contributed by atoms with Gasteiger partial charge in [0.15, 0.2) is 0 Å². The number of benzene rings is 1. The largest absolute Gasteiger partial charge is 0.501 e. The number of halogens is 3. The quantitative estimate of drug-likeness (QED) is 0.881. The number of ether oxygens (including phenoxy) is 1. The second kappa shape index (κ2) is 5.02. The van der Waals surface area contributed by atoms with Crippen molar-refractivity contribution in [2.75, 3.05) is 6.61 Å². The Labute approximate surface area is 103 Å². The zero-order chi connectivity index (χ0) is 13.2. The molecular formula is C13H14F3NO. The summed E-state index contributed by atoms with van der Waals surface area (Å²) in [6, 6.07) is 4.64. The highest BCUT2D eigenvalue weighted by Crippen LogP contribution is 2.36. The maximum absolute atomic E-state index is 12.9. The number of rotatable bonds is 2. The van der Waals surface area contributed by atoms with Crippen molar-refractivity contribution in [3.8, 4) is 0 Å². The summed E-state index contributed by atoms with van der Waals surface area (Å²) >= 11 is 0. The third kappa shape index (κ3) is 2.67. The van der Waals surface area contributed by atoms with Gasteiger partial charge in [-0.3, -0.25) is 0 Å². The third-order valence-electron chi connectivity index (χ3n) is 2.96. The van der Waals surface area contributed by atoms with Crippen molar-refractivity contribution in [1.82, 2.24) is 0 Å². The Balaban J connectivity index is 2.35. The fourth-order valence-electron chi connectivity index (χ4n) is 2.04. The van der Waals surface area contributed by atoms with Crippen LogP contribution in [0.5, 0.6) is 0 Å². The number of hydrogen-bond donors (Lipinski definition) is 1. The molecule has 5 heteroatoms. The molecule has 1 aromatic carbocycles. The third-order valence-corrected chi connectivity index (χ3v) is 2.96. The lowest BCUT2D eigenvalue weighted by atomic mass is 9.92. The Bertz CT molecular complexity index is 454. The van der Waals surface area contributed by atoms with Gasteiger partial charge in [-0.05, 0) is 30.0 Å². The van der Waals surface area contributed by atoms with Crippen LogP contribution in [-0.2, 0) is 10.9 Å². The van der Waals surface area contributed by atoms with Crippen LogP contribution in [0.3, 0.4) is 0 Å². The molecule has 98 valence electrons. The van der Waals surface area contributed by atoms with E-state index in [0.717, 1.165) is 12.5 Å². The van der Waals surface area contributed by atoms with Crippen LogP contribution in [0.4, 0.5) is 13.2 Å². The highest BCUT2D eigenvalue weighted by Gasteiger charge is 2.35. The Kier molecular flexibility index (Phi) is 3.61. The van der Waals surface area contributed by atoms with Crippen LogP contribution in [0.25, 0.3) is 0 Å². The second-order valence-corrected chi connectivity index (χ2v) is 4.23. The zero-order valence-corrected chi connectivity index (χ0v) is 9.70. The Hall–Kier alpha value is -1.49. The molecule has 18 heavy (non-hydrogen) atoms. The average Bonchev–Trinajstić information content (AvgIpc) is 2.38. The molecule has 0 fully saturated rings. The minimum atomic E-state index is -4.38. The van der Waals surface area contributed by atoms with Crippen LogP contribution < -0.4 is 5.73 Å². The molecule has 0 bridgehead atoms. The maximum Gasteiger partial charge on any atom is 0.416 e. The molecule has 0 radical (unpaired) electrons. The Morgan fingerprint density at radius 2 is 1.94 bits per heavy atom. The molecule has 2 rings (SSSR count). The Morgan fingerprint density at radius 1 is 1.22 bits per heavy atom. The number of alkyl halides is 3. The van der Waals surface area contributed by atoms with Gasteiger partial charge in [0.25, 0.3) is 0 Å². The molecule has 1 unspecified atom stereocenters. The van der Waals surface area contributed by atoms with Gasteiger partial charge in [0.1, 0.15) is 0 Å². The molecule has 2 nitrogen and oxygen atoms in total. The van der Waals surface area contributed by atoms with E-state index in [4.69, 9.17) is 10.5 Å². The lowest BCUT2D eigenvalue weighted by Crippen LogP contribution is -2.20. The van der Waals surface area contributed by atoms with Crippen LogP contribution in [0.2, 0.25) is 0 Å². The summed E-state index contributed by atoms with van der Waals surface area (Å²) in [5.41, 5.74) is 6.05. The first-order valence-electron chi connectivity index (χ1n) is 5.72. The molecule has 0 saturated heterocycles. The van der Waals surface area contributed by atoms with E-state index in [9.17, 15) is 13.2 Å². The van der Waals surface area contributed by atoms with E-state index in [1.165, 1.54) is 18.4 Å². The van der Waals surface area contributed by atoms with E-state index < -0.39 is 17.8 Å². The molecule has 1 aliphatic heterocycles.